The molecule has 0 radical (unpaired) electrons. The van der Waals surface area contributed by atoms with E-state index in [4.69, 9.17) is 11.6 Å². The van der Waals surface area contributed by atoms with Crippen molar-refractivity contribution in [3.8, 4) is 11.1 Å². The molecule has 1 amide bonds. The molecule has 0 saturated heterocycles. The topological polar surface area (TPSA) is 128 Å². The maximum absolute atomic E-state index is 14.2. The Morgan fingerprint density at radius 1 is 1.24 bits per heavy atom. The zero-order valence-corrected chi connectivity index (χ0v) is 18.6. The quantitative estimate of drug-likeness (QED) is 0.356. The van der Waals surface area contributed by atoms with E-state index in [1.807, 2.05) is 0 Å². The monoisotopic (exact) mass is 474 g/mol. The predicted octanol–water partition coefficient (Wildman–Crippen LogP) is 3.47. The van der Waals surface area contributed by atoms with E-state index < -0.39 is 35.8 Å². The summed E-state index contributed by atoms with van der Waals surface area (Å²) in [7, 11) is 0. The molecule has 1 aromatic heterocycles. The highest BCUT2D eigenvalue weighted by Crippen LogP contribution is 2.30. The Labute approximate surface area is 194 Å². The van der Waals surface area contributed by atoms with Gasteiger partial charge in [-0.25, -0.2) is 4.39 Å². The summed E-state index contributed by atoms with van der Waals surface area (Å²) in [6.07, 6.45) is 1.74. The highest BCUT2D eigenvalue weighted by molar-refractivity contribution is 6.30. The van der Waals surface area contributed by atoms with Gasteiger partial charge in [-0.1, -0.05) is 42.8 Å². The largest absolute Gasteiger partial charge is 0.481 e. The van der Waals surface area contributed by atoms with E-state index in [0.717, 1.165) is 5.56 Å². The van der Waals surface area contributed by atoms with Crippen LogP contribution in [0.2, 0.25) is 5.02 Å². The summed E-state index contributed by atoms with van der Waals surface area (Å²) in [6.45, 7) is 1.11. The van der Waals surface area contributed by atoms with Gasteiger partial charge in [0, 0.05) is 16.6 Å². The number of nitrogens with one attached hydrogen (secondary N) is 2. The molecule has 0 aliphatic heterocycles. The van der Waals surface area contributed by atoms with Crippen molar-refractivity contribution in [2.45, 2.75) is 32.2 Å². The standard InChI is InChI=1S/C23H24ClFN4O4/c1-2-23(13-30,22(32)33)11-17(27-21(31)20-12-26-29-28-20)9-14-3-5-15(6-4-14)18-10-16(24)7-8-19(18)25/h3-8,10,12,17,30H,2,9,11,13H2,1H3,(H,27,31)(H,32,33)(H,26,28,29)/t17-,23?/m1/s1. The second kappa shape index (κ2) is 10.5. The molecule has 10 heteroatoms. The molecule has 4 N–H and O–H groups in total. The van der Waals surface area contributed by atoms with Crippen LogP contribution in [-0.4, -0.2) is 50.1 Å². The van der Waals surface area contributed by atoms with Gasteiger partial charge in [-0.15, -0.1) is 0 Å². The molecule has 1 heterocycles. The number of nitrogens with zero attached hydrogens (tertiary/aromatic N) is 2. The normalized spacial score (nSPS) is 13.8. The first-order valence-electron chi connectivity index (χ1n) is 10.3. The minimum absolute atomic E-state index is 0.00357. The molecule has 0 aliphatic rings. The van der Waals surface area contributed by atoms with Crippen molar-refractivity contribution in [3.63, 3.8) is 0 Å². The van der Waals surface area contributed by atoms with E-state index in [1.165, 1.54) is 24.4 Å². The molecule has 8 nitrogen and oxygen atoms in total. The summed E-state index contributed by atoms with van der Waals surface area (Å²) in [5.41, 5.74) is 0.436. The smallest absolute Gasteiger partial charge is 0.312 e. The second-order valence-corrected chi connectivity index (χ2v) is 8.29. The fraction of sp³-hybridized carbons (Fsp3) is 0.304. The van der Waals surface area contributed by atoms with Crippen LogP contribution in [0.5, 0.6) is 0 Å². The van der Waals surface area contributed by atoms with E-state index in [9.17, 15) is 24.2 Å². The number of aromatic nitrogens is 3. The summed E-state index contributed by atoms with van der Waals surface area (Å²) in [6, 6.07) is 10.7. The third-order valence-electron chi connectivity index (χ3n) is 5.73. The predicted molar refractivity (Wildman–Crippen MR) is 120 cm³/mol. The van der Waals surface area contributed by atoms with E-state index in [-0.39, 0.29) is 25.0 Å². The summed E-state index contributed by atoms with van der Waals surface area (Å²) in [5, 5.41) is 32.5. The van der Waals surface area contributed by atoms with Crippen LogP contribution >= 0.6 is 11.6 Å². The molecule has 0 aliphatic carbocycles. The molecule has 0 fully saturated rings. The molecule has 3 aromatic rings. The zero-order valence-electron chi connectivity index (χ0n) is 17.9. The van der Waals surface area contributed by atoms with Crippen LogP contribution in [0.1, 0.15) is 35.8 Å². The lowest BCUT2D eigenvalue weighted by Gasteiger charge is -2.31. The highest BCUT2D eigenvalue weighted by atomic mass is 35.5. The molecule has 174 valence electrons. The van der Waals surface area contributed by atoms with Gasteiger partial charge >= 0.3 is 5.97 Å². The number of hydrogen-bond donors (Lipinski definition) is 4. The number of aliphatic hydroxyl groups excluding tert-OH is 1. The van der Waals surface area contributed by atoms with Crippen LogP contribution in [0.15, 0.2) is 48.7 Å². The van der Waals surface area contributed by atoms with Crippen molar-refractivity contribution < 1.29 is 24.2 Å². The molecular weight excluding hydrogens is 451 g/mol. The SMILES string of the molecule is CCC(CO)(C[C@@H](Cc1ccc(-c2cc(Cl)ccc2F)cc1)NC(=O)c1cn[nH]n1)C(=O)O. The average molecular weight is 475 g/mol. The van der Waals surface area contributed by atoms with Crippen molar-refractivity contribution in [2.24, 2.45) is 5.41 Å². The molecule has 1 unspecified atom stereocenters. The van der Waals surface area contributed by atoms with Gasteiger partial charge in [0.1, 0.15) is 5.82 Å². The first-order valence-corrected chi connectivity index (χ1v) is 10.7. The lowest BCUT2D eigenvalue weighted by Crippen LogP contribution is -2.45. The number of H-pyrrole nitrogens is 1. The number of amides is 1. The van der Waals surface area contributed by atoms with Crippen LogP contribution in [0.4, 0.5) is 4.39 Å². The van der Waals surface area contributed by atoms with Gasteiger partial charge in [-0.3, -0.25) is 9.59 Å². The summed E-state index contributed by atoms with van der Waals surface area (Å²) in [5.74, 6) is -2.05. The van der Waals surface area contributed by atoms with Crippen molar-refractivity contribution in [3.05, 3.63) is 70.8 Å². The first-order chi connectivity index (χ1) is 15.8. The third-order valence-corrected chi connectivity index (χ3v) is 5.96. The molecule has 0 bridgehead atoms. The Morgan fingerprint density at radius 2 is 1.97 bits per heavy atom. The van der Waals surface area contributed by atoms with Gasteiger partial charge in [-0.05, 0) is 48.6 Å². The number of aliphatic carboxylic acids is 1. The van der Waals surface area contributed by atoms with E-state index in [0.29, 0.717) is 16.1 Å². The molecule has 0 spiro atoms. The number of hydrogen-bond acceptors (Lipinski definition) is 5. The minimum atomic E-state index is -1.41. The average Bonchev–Trinajstić information content (AvgIpc) is 3.34. The van der Waals surface area contributed by atoms with Gasteiger partial charge in [0.15, 0.2) is 5.69 Å². The van der Waals surface area contributed by atoms with Crippen LogP contribution in [0, 0.1) is 11.2 Å². The fourth-order valence-electron chi connectivity index (χ4n) is 3.67. The van der Waals surface area contributed by atoms with Gasteiger partial charge < -0.3 is 15.5 Å². The summed E-state index contributed by atoms with van der Waals surface area (Å²) >= 11 is 5.99. The van der Waals surface area contributed by atoms with Crippen molar-refractivity contribution in [1.82, 2.24) is 20.7 Å². The van der Waals surface area contributed by atoms with Crippen LogP contribution in [-0.2, 0) is 11.2 Å². The summed E-state index contributed by atoms with van der Waals surface area (Å²) in [4.78, 5) is 24.5. The number of carboxylic acids is 1. The van der Waals surface area contributed by atoms with Gasteiger partial charge in [0.2, 0.25) is 0 Å². The zero-order chi connectivity index (χ0) is 24.0. The van der Waals surface area contributed by atoms with Crippen LogP contribution < -0.4 is 5.32 Å². The first kappa shape index (κ1) is 24.3. The molecule has 33 heavy (non-hydrogen) atoms. The molecule has 0 saturated carbocycles. The number of carbonyl (C=O) groups is 2. The number of halogens is 2. The Morgan fingerprint density at radius 3 is 2.55 bits per heavy atom. The van der Waals surface area contributed by atoms with E-state index >= 15 is 0 Å². The maximum atomic E-state index is 14.2. The van der Waals surface area contributed by atoms with Gasteiger partial charge in [0.25, 0.3) is 5.91 Å². The molecule has 3 rings (SSSR count). The Bertz CT molecular complexity index is 1100. The second-order valence-electron chi connectivity index (χ2n) is 7.85. The lowest BCUT2D eigenvalue weighted by atomic mass is 9.78. The number of aromatic amines is 1. The van der Waals surface area contributed by atoms with Gasteiger partial charge in [0.05, 0.1) is 18.2 Å². The molecule has 2 aromatic carbocycles. The van der Waals surface area contributed by atoms with E-state index in [2.05, 4.69) is 20.7 Å². The Hall–Kier alpha value is -3.30. The van der Waals surface area contributed by atoms with Crippen molar-refractivity contribution >= 4 is 23.5 Å². The maximum Gasteiger partial charge on any atom is 0.312 e. The number of carbonyl (C=O) groups excluding carboxylic acids is 1. The van der Waals surface area contributed by atoms with Crippen molar-refractivity contribution in [1.29, 1.82) is 0 Å². The molecule has 2 atom stereocenters. The van der Waals surface area contributed by atoms with Crippen LogP contribution in [0.25, 0.3) is 11.1 Å². The number of carboxylic acid groups (broad SMARTS) is 1. The lowest BCUT2D eigenvalue weighted by molar-refractivity contribution is -0.152. The van der Waals surface area contributed by atoms with E-state index in [1.54, 1.807) is 31.2 Å². The number of benzene rings is 2. The van der Waals surface area contributed by atoms with Crippen LogP contribution in [0.3, 0.4) is 0 Å². The fourth-order valence-corrected chi connectivity index (χ4v) is 3.84. The number of aliphatic hydroxyl groups is 1. The molecular formula is C23H24ClFN4O4. The summed E-state index contributed by atoms with van der Waals surface area (Å²) < 4.78 is 14.2. The number of rotatable bonds is 10. The van der Waals surface area contributed by atoms with Crippen molar-refractivity contribution in [2.75, 3.05) is 6.61 Å². The highest BCUT2D eigenvalue weighted by Gasteiger charge is 2.39. The van der Waals surface area contributed by atoms with Gasteiger partial charge in [-0.2, -0.15) is 15.4 Å². The third kappa shape index (κ3) is 5.74. The Balaban J connectivity index is 1.85. The Kier molecular flexibility index (Phi) is 7.78. The minimum Gasteiger partial charge on any atom is -0.481 e.